The zero-order valence-electron chi connectivity index (χ0n) is 75.4. The van der Waals surface area contributed by atoms with E-state index in [1.807, 2.05) is 6.92 Å². The number of aliphatic hydroxyl groups is 1. The number of aliphatic carboxylic acids is 1. The number of carbonyl (C=O) groups excluding carboxylic acids is 18. The lowest BCUT2D eigenvalue weighted by atomic mass is 10.00. The van der Waals surface area contributed by atoms with Crippen LogP contribution in [0.2, 0.25) is 0 Å². The summed E-state index contributed by atoms with van der Waals surface area (Å²) in [6, 6.07) is -3.15. The molecule has 6 aromatic rings. The first-order valence-corrected chi connectivity index (χ1v) is 45.6. The van der Waals surface area contributed by atoms with Crippen molar-refractivity contribution in [2.24, 2.45) is 17.2 Å². The standard InChI is InChI=1S/C89H120N22O22S/c1-7-9-21-67-82(126)99-58(30-32-75(118)119)78(122)106-66(77(121)96-43-73(92)116)45-134-46-74(117)98-62(35-49-25-27-53(113)28-26-49)85(129)107(4)48(3)76(120)103-64(39-72(91)115)88(132)111-34-16-24-69(111)84(128)102-61(38-52-42-93-47-97-52)80(124)100-59(29-31-71(90)114)87(131)110-33-15-23-68(110)83(127)101-60(36-50-40-94-56-19-13-11-17-54(50)56)79(123)105-65(44-112)81(125)104-63(37-51-41-95-57-20-14-12-18-55(51)57)86(130)109(6)70(22-10-8-2)89(133)108(67)5/h11-14,17-20,25-28,40-42,47-48,58-70,94-95,112-113H,7-10,15-16,21-24,29-39,43-46H2,1-6H3,(H2,90,114)(H2,91,115)(H2,92,116)(H,93,97)(H,96,121)(H,98,117)(H,99,126)(H,100,124)(H,101,127)(H,102,128)(H,103,120)(H,104,125)(H,105,123)(H,106,122)(H,118,119)/t48-,58-,59-,60-,61-,62-,63-,64-,65-,66-,67-,68-,69-,70-/m0/s1. The number of carboxylic acid groups (broad SMARTS) is 1. The molecule has 6 heterocycles. The van der Waals surface area contributed by atoms with E-state index in [4.69, 9.17) is 17.2 Å². The number of phenols is 1. The minimum atomic E-state index is -1.90. The lowest BCUT2D eigenvalue weighted by Crippen LogP contribution is -2.62. The molecule has 44 nitrogen and oxygen atoms in total. The number of amides is 18. The number of rotatable bonds is 26. The van der Waals surface area contributed by atoms with Crippen molar-refractivity contribution in [2.75, 3.05) is 58.9 Å². The van der Waals surface area contributed by atoms with Gasteiger partial charge in [-0.2, -0.15) is 0 Å². The fourth-order valence-electron chi connectivity index (χ4n) is 16.4. The van der Waals surface area contributed by atoms with Crippen LogP contribution >= 0.6 is 11.8 Å². The summed E-state index contributed by atoms with van der Waals surface area (Å²) in [6.45, 7) is 2.69. The molecule has 3 aliphatic heterocycles. The summed E-state index contributed by atoms with van der Waals surface area (Å²) in [5.41, 5.74) is 19.5. The summed E-state index contributed by atoms with van der Waals surface area (Å²) < 4.78 is 0. The molecule has 18 amide bonds. The van der Waals surface area contributed by atoms with E-state index in [0.717, 1.165) is 24.5 Å². The van der Waals surface area contributed by atoms with Crippen LogP contribution in [0.5, 0.6) is 5.75 Å². The third-order valence-electron chi connectivity index (χ3n) is 23.9. The van der Waals surface area contributed by atoms with Crippen molar-refractivity contribution in [3.05, 3.63) is 120 Å². The maximum atomic E-state index is 15.7. The van der Waals surface area contributed by atoms with E-state index in [1.165, 1.54) is 64.9 Å². The minimum Gasteiger partial charge on any atom is -0.508 e. The van der Waals surface area contributed by atoms with Crippen LogP contribution in [0, 0.1) is 0 Å². The molecular formula is C89H120N22O22S. The Hall–Kier alpha value is -14.0. The van der Waals surface area contributed by atoms with Gasteiger partial charge in [0.25, 0.3) is 0 Å². The molecule has 3 aromatic heterocycles. The van der Waals surface area contributed by atoms with Crippen LogP contribution in [0.15, 0.2) is 97.7 Å². The molecule has 45 heteroatoms. The summed E-state index contributed by atoms with van der Waals surface area (Å²) >= 11 is 0.701. The van der Waals surface area contributed by atoms with Crippen LogP contribution in [-0.4, -0.2) is 316 Å². The number of carboxylic acids is 1. The molecule has 3 saturated heterocycles. The maximum absolute atomic E-state index is 15.7. The number of hydrogen-bond donors (Lipinski definition) is 19. The highest BCUT2D eigenvalue weighted by Gasteiger charge is 2.46. The Labute approximate surface area is 775 Å². The number of phenolic OH excluding ortho intramolecular Hbond substituents is 1. The lowest BCUT2D eigenvalue weighted by Gasteiger charge is -2.36. The van der Waals surface area contributed by atoms with Crippen molar-refractivity contribution >= 4 is 146 Å². The van der Waals surface area contributed by atoms with E-state index >= 15 is 38.4 Å². The van der Waals surface area contributed by atoms with Crippen LogP contribution in [0.25, 0.3) is 21.8 Å². The molecule has 0 spiro atoms. The number of likely N-dealkylation sites (N-methyl/N-ethyl adjacent to an activating group) is 3. The summed E-state index contributed by atoms with van der Waals surface area (Å²) in [6.07, 6.45) is 2.97. The van der Waals surface area contributed by atoms with Gasteiger partial charge in [0.2, 0.25) is 106 Å². The Morgan fingerprint density at radius 1 is 0.493 bits per heavy atom. The first kappa shape index (κ1) is 104. The zero-order valence-corrected chi connectivity index (χ0v) is 76.2. The summed E-state index contributed by atoms with van der Waals surface area (Å²) in [5, 5.41) is 58.4. The number of aromatic hydroxyl groups is 1. The number of primary amides is 3. The Kier molecular flexibility index (Phi) is 38.3. The number of thioether (sulfide) groups is 1. The number of benzene rings is 3. The molecule has 22 N–H and O–H groups in total. The minimum absolute atomic E-state index is 0.0327. The quantitative estimate of drug-likeness (QED) is 0.0256. The first-order valence-electron chi connectivity index (χ1n) is 44.4. The number of aliphatic hydroxyl groups excluding tert-OH is 1. The molecule has 0 bridgehead atoms. The highest BCUT2D eigenvalue weighted by Crippen LogP contribution is 2.28. The van der Waals surface area contributed by atoms with E-state index in [9.17, 15) is 68.1 Å². The number of nitrogens with zero attached hydrogens (tertiary/aromatic N) is 6. The molecule has 0 aliphatic carbocycles. The zero-order chi connectivity index (χ0) is 97.7. The second-order valence-corrected chi connectivity index (χ2v) is 34.6. The molecule has 0 saturated carbocycles. The number of imidazole rings is 1. The first-order chi connectivity index (χ1) is 63.9. The van der Waals surface area contributed by atoms with Gasteiger partial charge in [0, 0.05) is 119 Å². The van der Waals surface area contributed by atoms with Gasteiger partial charge in [-0.1, -0.05) is 88.1 Å². The largest absolute Gasteiger partial charge is 0.508 e. The van der Waals surface area contributed by atoms with Gasteiger partial charge in [0.15, 0.2) is 0 Å². The van der Waals surface area contributed by atoms with Gasteiger partial charge in [-0.15, -0.1) is 11.8 Å². The smallest absolute Gasteiger partial charge is 0.303 e. The Morgan fingerprint density at radius 3 is 1.54 bits per heavy atom. The van der Waals surface area contributed by atoms with Crippen LogP contribution in [0.3, 0.4) is 0 Å². The Balaban J connectivity index is 1.10. The number of aromatic nitrogens is 4. The van der Waals surface area contributed by atoms with E-state index in [-0.39, 0.29) is 95.2 Å². The van der Waals surface area contributed by atoms with Gasteiger partial charge < -0.3 is 125 Å². The predicted molar refractivity (Wildman–Crippen MR) is 485 cm³/mol. The molecule has 134 heavy (non-hydrogen) atoms. The Morgan fingerprint density at radius 2 is 0.985 bits per heavy atom. The highest BCUT2D eigenvalue weighted by atomic mass is 32.2. The van der Waals surface area contributed by atoms with Crippen molar-refractivity contribution in [3.63, 3.8) is 0 Å². The van der Waals surface area contributed by atoms with Crippen molar-refractivity contribution in [1.82, 2.24) is 97.6 Å². The molecule has 14 atom stereocenters. The Bertz CT molecular complexity index is 5240. The van der Waals surface area contributed by atoms with E-state index in [0.29, 0.717) is 69.5 Å². The normalized spacial score (nSPS) is 24.2. The number of para-hydroxylation sites is 2. The lowest BCUT2D eigenvalue weighted by molar-refractivity contribution is -0.149. The van der Waals surface area contributed by atoms with Crippen molar-refractivity contribution in [1.29, 1.82) is 0 Å². The molecule has 3 fully saturated rings. The third-order valence-corrected chi connectivity index (χ3v) is 25.0. The van der Waals surface area contributed by atoms with Gasteiger partial charge in [-0.05, 0) is 99.2 Å². The summed E-state index contributed by atoms with van der Waals surface area (Å²) in [4.78, 5) is 293. The SMILES string of the molecule is CCCC[C@H]1C(=O)N(C)[C@@H](CCCC)C(=O)N[C@@H](CCC(=O)O)C(=O)N[C@H](C(=O)NCC(N)=O)CSCC(=O)N[C@@H](Cc2ccc(O)cc2)C(=O)N(C)[C@@H](C)C(=O)N[C@@H](CC(N)=O)C(=O)N2CCC[C@H]2C(=O)N[C@@H](Cc2c[nH]cn2)C(=O)N[C@@H](CCC(N)=O)C(=O)N2CCC[C@H]2C(=O)N[C@@H](Cc2c[nH]c3ccccc23)C(=O)N[C@@H](CO)C(=O)N[C@@H](Cc2c[nH]c3ccccc23)C(=O)N1C. The molecule has 724 valence electrons. The van der Waals surface area contributed by atoms with Crippen molar-refractivity contribution in [3.8, 4) is 5.75 Å². The van der Waals surface area contributed by atoms with Gasteiger partial charge >= 0.3 is 5.97 Å². The number of carbonyl (C=O) groups is 19. The van der Waals surface area contributed by atoms with Gasteiger partial charge in [0.1, 0.15) is 90.3 Å². The predicted octanol–water partition coefficient (Wildman–Crippen LogP) is -3.08. The number of unbranched alkanes of at least 4 members (excludes halogenated alkanes) is 2. The number of nitrogens with one attached hydrogen (secondary N) is 13. The second-order valence-electron chi connectivity index (χ2n) is 33.6. The topological polar surface area (TPSA) is 660 Å². The van der Waals surface area contributed by atoms with Gasteiger partial charge in [-0.3, -0.25) is 91.1 Å². The van der Waals surface area contributed by atoms with Crippen LogP contribution in [0.1, 0.15) is 139 Å². The maximum Gasteiger partial charge on any atom is 0.303 e. The second kappa shape index (κ2) is 49.5. The monoisotopic (exact) mass is 1880 g/mol. The van der Waals surface area contributed by atoms with E-state index < -0.39 is 254 Å². The van der Waals surface area contributed by atoms with Crippen molar-refractivity contribution in [2.45, 2.75) is 227 Å². The number of fused-ring (bicyclic) bond motifs is 4. The van der Waals surface area contributed by atoms with Gasteiger partial charge in [-0.25, -0.2) is 4.98 Å². The van der Waals surface area contributed by atoms with Crippen LogP contribution < -0.4 is 70.4 Å². The molecule has 0 radical (unpaired) electrons. The summed E-state index contributed by atoms with van der Waals surface area (Å²) in [5.74, 6) is -20.5. The van der Waals surface area contributed by atoms with E-state index in [2.05, 4.69) is 73.1 Å². The third kappa shape index (κ3) is 28.5. The van der Waals surface area contributed by atoms with Gasteiger partial charge in [0.05, 0.1) is 37.3 Å². The molecule has 9 rings (SSSR count). The van der Waals surface area contributed by atoms with E-state index in [1.54, 1.807) is 67.8 Å². The average molecular weight is 1880 g/mol. The molecular weight excluding hydrogens is 1760 g/mol. The van der Waals surface area contributed by atoms with Crippen LogP contribution in [-0.2, 0) is 117 Å². The number of H-pyrrole nitrogens is 3. The fourth-order valence-corrected chi connectivity index (χ4v) is 17.2. The van der Waals surface area contributed by atoms with Crippen LogP contribution in [0.4, 0.5) is 0 Å². The highest BCUT2D eigenvalue weighted by molar-refractivity contribution is 8.00. The summed E-state index contributed by atoms with van der Waals surface area (Å²) in [7, 11) is 3.78. The molecule has 0 unspecified atom stereocenters. The average Bonchev–Trinajstić information content (AvgIpc) is 1.57. The molecule has 3 aromatic carbocycles. The number of nitrogens with two attached hydrogens (primary N) is 3. The number of hydrogen-bond acceptors (Lipinski definition) is 23. The number of aromatic amines is 3. The van der Waals surface area contributed by atoms with Crippen molar-refractivity contribution < 1.29 is 106 Å². The molecule has 3 aliphatic rings. The fraction of sp³-hybridized carbons (Fsp3) is 0.506.